The van der Waals surface area contributed by atoms with Crippen LogP contribution in [-0.4, -0.2) is 46.0 Å². The van der Waals surface area contributed by atoms with E-state index in [1.54, 1.807) is 25.1 Å². The minimum absolute atomic E-state index is 0.0362. The molecule has 6 nitrogen and oxygen atoms in total. The summed E-state index contributed by atoms with van der Waals surface area (Å²) in [6.45, 7) is 2.10. The predicted octanol–water partition coefficient (Wildman–Crippen LogP) is 1.36. The molecule has 1 aliphatic rings. The van der Waals surface area contributed by atoms with E-state index in [0.717, 1.165) is 17.8 Å². The highest BCUT2D eigenvalue weighted by atomic mass is 16.2. The van der Waals surface area contributed by atoms with Crippen molar-refractivity contribution in [2.75, 3.05) is 26.4 Å². The fourth-order valence-electron chi connectivity index (χ4n) is 2.57. The number of hydrogen-bond acceptors (Lipinski definition) is 3. The van der Waals surface area contributed by atoms with Gasteiger partial charge in [-0.15, -0.1) is 0 Å². The van der Waals surface area contributed by atoms with Crippen LogP contribution in [-0.2, 0) is 13.1 Å². The smallest absolute Gasteiger partial charge is 0.319 e. The van der Waals surface area contributed by atoms with Crippen LogP contribution in [0.2, 0.25) is 0 Å². The third-order valence-electron chi connectivity index (χ3n) is 3.71. The molecular formula is C17H19N5O. The van der Waals surface area contributed by atoms with E-state index in [9.17, 15) is 4.79 Å². The van der Waals surface area contributed by atoms with Crippen LogP contribution >= 0.6 is 0 Å². The Morgan fingerprint density at radius 3 is 2.87 bits per heavy atom. The first-order valence-corrected chi connectivity index (χ1v) is 7.43. The van der Waals surface area contributed by atoms with Crippen molar-refractivity contribution in [1.82, 2.24) is 19.4 Å². The summed E-state index contributed by atoms with van der Waals surface area (Å²) in [5.41, 5.74) is 8.32. The molecule has 118 valence electrons. The average molecular weight is 309 g/mol. The van der Waals surface area contributed by atoms with Crippen molar-refractivity contribution in [2.45, 2.75) is 13.1 Å². The summed E-state index contributed by atoms with van der Waals surface area (Å²) in [4.78, 5) is 19.7. The maximum absolute atomic E-state index is 12.1. The van der Waals surface area contributed by atoms with Crippen molar-refractivity contribution in [2.24, 2.45) is 0 Å². The Bertz CT molecular complexity index is 797. The van der Waals surface area contributed by atoms with Gasteiger partial charge in [0.15, 0.2) is 0 Å². The molecule has 2 aromatic heterocycles. The second kappa shape index (κ2) is 6.05. The van der Waals surface area contributed by atoms with E-state index >= 15 is 0 Å². The van der Waals surface area contributed by atoms with Crippen molar-refractivity contribution >= 4 is 11.8 Å². The molecule has 0 aliphatic carbocycles. The molecule has 0 radical (unpaired) electrons. The molecule has 0 fully saturated rings. The monoisotopic (exact) mass is 309 g/mol. The van der Waals surface area contributed by atoms with E-state index in [1.807, 2.05) is 29.3 Å². The first-order valence-electron chi connectivity index (χ1n) is 7.43. The molecule has 0 spiro atoms. The number of aromatic nitrogens is 2. The topological polar surface area (TPSA) is 67.4 Å². The zero-order valence-corrected chi connectivity index (χ0v) is 13.3. The number of carbonyl (C=O) groups is 1. The molecule has 1 aliphatic heterocycles. The number of anilines is 1. The lowest BCUT2D eigenvalue weighted by Crippen LogP contribution is -2.43. The van der Waals surface area contributed by atoms with Crippen molar-refractivity contribution in [1.29, 1.82) is 0 Å². The number of nitrogen functional groups attached to an aromatic ring is 1. The van der Waals surface area contributed by atoms with Gasteiger partial charge in [-0.3, -0.25) is 0 Å². The second-order valence-electron chi connectivity index (χ2n) is 5.71. The predicted molar refractivity (Wildman–Crippen MR) is 88.6 cm³/mol. The standard InChI is InChI=1S/C17H19N5O/c1-20(2)17(23)22-9-8-21-11-13(10-15(21)12-22)6-7-14-4-3-5-16(18)19-14/h3-5,10-11H,8-9,12H2,1-2H3,(H2,18,19). The molecule has 2 aromatic rings. The Morgan fingerprint density at radius 1 is 1.30 bits per heavy atom. The summed E-state index contributed by atoms with van der Waals surface area (Å²) in [5.74, 6) is 6.59. The summed E-state index contributed by atoms with van der Waals surface area (Å²) in [6.07, 6.45) is 2.02. The Kier molecular flexibility index (Phi) is 3.94. The highest BCUT2D eigenvalue weighted by molar-refractivity contribution is 5.73. The van der Waals surface area contributed by atoms with E-state index < -0.39 is 0 Å². The number of nitrogens with two attached hydrogens (primary N) is 1. The Labute approximate surface area is 135 Å². The fourth-order valence-corrected chi connectivity index (χ4v) is 2.57. The maximum Gasteiger partial charge on any atom is 0.319 e. The minimum Gasteiger partial charge on any atom is -0.384 e. The van der Waals surface area contributed by atoms with Gasteiger partial charge in [0.05, 0.1) is 6.54 Å². The first kappa shape index (κ1) is 15.0. The third kappa shape index (κ3) is 3.29. The van der Waals surface area contributed by atoms with E-state index in [4.69, 9.17) is 5.73 Å². The van der Waals surface area contributed by atoms with Gasteiger partial charge < -0.3 is 20.1 Å². The van der Waals surface area contributed by atoms with Crippen LogP contribution in [0, 0.1) is 11.8 Å². The molecule has 23 heavy (non-hydrogen) atoms. The second-order valence-corrected chi connectivity index (χ2v) is 5.71. The highest BCUT2D eigenvalue weighted by Crippen LogP contribution is 2.17. The number of fused-ring (bicyclic) bond motifs is 1. The summed E-state index contributed by atoms with van der Waals surface area (Å²) >= 11 is 0. The molecule has 3 heterocycles. The molecule has 0 saturated heterocycles. The summed E-state index contributed by atoms with van der Waals surface area (Å²) in [6, 6.07) is 7.46. The molecule has 3 rings (SSSR count). The van der Waals surface area contributed by atoms with Gasteiger partial charge >= 0.3 is 6.03 Å². The van der Waals surface area contributed by atoms with Crippen LogP contribution in [0.3, 0.4) is 0 Å². The van der Waals surface area contributed by atoms with Crippen LogP contribution < -0.4 is 5.73 Å². The van der Waals surface area contributed by atoms with Gasteiger partial charge in [0.25, 0.3) is 0 Å². The lowest BCUT2D eigenvalue weighted by atomic mass is 10.2. The average Bonchev–Trinajstić information content (AvgIpc) is 2.94. The fraction of sp³-hybridized carbons (Fsp3) is 0.294. The van der Waals surface area contributed by atoms with E-state index in [1.165, 1.54) is 0 Å². The van der Waals surface area contributed by atoms with Gasteiger partial charge in [0.2, 0.25) is 0 Å². The molecular weight excluding hydrogens is 290 g/mol. The quantitative estimate of drug-likeness (QED) is 0.747. The molecule has 2 amide bonds. The van der Waals surface area contributed by atoms with Gasteiger partial charge in [-0.2, -0.15) is 0 Å². The van der Waals surface area contributed by atoms with Crippen LogP contribution in [0.1, 0.15) is 17.0 Å². The number of carbonyl (C=O) groups excluding carboxylic acids is 1. The molecule has 0 saturated carbocycles. The zero-order valence-electron chi connectivity index (χ0n) is 13.3. The molecule has 0 unspecified atom stereocenters. The Balaban J connectivity index is 1.78. The number of urea groups is 1. The van der Waals surface area contributed by atoms with Gasteiger partial charge in [0.1, 0.15) is 11.5 Å². The summed E-state index contributed by atoms with van der Waals surface area (Å²) in [7, 11) is 3.54. The van der Waals surface area contributed by atoms with E-state index in [0.29, 0.717) is 24.6 Å². The molecule has 2 N–H and O–H groups in total. The maximum atomic E-state index is 12.1. The van der Waals surface area contributed by atoms with E-state index in [2.05, 4.69) is 21.4 Å². The van der Waals surface area contributed by atoms with Gasteiger partial charge in [-0.05, 0) is 24.1 Å². The third-order valence-corrected chi connectivity index (χ3v) is 3.71. The van der Waals surface area contributed by atoms with Crippen LogP contribution in [0.25, 0.3) is 0 Å². The van der Waals surface area contributed by atoms with Crippen LogP contribution in [0.4, 0.5) is 10.6 Å². The van der Waals surface area contributed by atoms with Crippen molar-refractivity contribution in [3.05, 3.63) is 47.4 Å². The van der Waals surface area contributed by atoms with Gasteiger partial charge in [-0.25, -0.2) is 9.78 Å². The number of amides is 2. The number of rotatable bonds is 0. The summed E-state index contributed by atoms with van der Waals surface area (Å²) < 4.78 is 2.15. The van der Waals surface area contributed by atoms with Gasteiger partial charge in [0, 0.05) is 44.6 Å². The lowest BCUT2D eigenvalue weighted by molar-refractivity contribution is 0.158. The molecule has 0 atom stereocenters. The number of nitrogens with zero attached hydrogens (tertiary/aromatic N) is 4. The van der Waals surface area contributed by atoms with Crippen molar-refractivity contribution in [3.8, 4) is 11.8 Å². The van der Waals surface area contributed by atoms with Crippen molar-refractivity contribution in [3.63, 3.8) is 0 Å². The number of pyridine rings is 1. The van der Waals surface area contributed by atoms with E-state index in [-0.39, 0.29) is 6.03 Å². The highest BCUT2D eigenvalue weighted by Gasteiger charge is 2.22. The lowest BCUT2D eigenvalue weighted by Gasteiger charge is -2.30. The normalized spacial score (nSPS) is 13.0. The Morgan fingerprint density at radius 2 is 2.13 bits per heavy atom. The summed E-state index contributed by atoms with van der Waals surface area (Å²) in [5, 5.41) is 0. The van der Waals surface area contributed by atoms with Crippen LogP contribution in [0.15, 0.2) is 30.5 Å². The number of hydrogen-bond donors (Lipinski definition) is 1. The SMILES string of the molecule is CN(C)C(=O)N1CCn2cc(C#Cc3cccc(N)n3)cc2C1. The molecule has 0 aromatic carbocycles. The minimum atomic E-state index is 0.0362. The van der Waals surface area contributed by atoms with Crippen LogP contribution in [0.5, 0.6) is 0 Å². The molecule has 0 bridgehead atoms. The largest absolute Gasteiger partial charge is 0.384 e. The Hall–Kier alpha value is -2.94. The zero-order chi connectivity index (χ0) is 16.4. The molecule has 6 heteroatoms. The van der Waals surface area contributed by atoms with Gasteiger partial charge in [-0.1, -0.05) is 12.0 Å². The van der Waals surface area contributed by atoms with Crippen molar-refractivity contribution < 1.29 is 4.79 Å². The first-order chi connectivity index (χ1) is 11.0.